The van der Waals surface area contributed by atoms with Crippen molar-refractivity contribution in [1.82, 2.24) is 29.8 Å². The highest BCUT2D eigenvalue weighted by molar-refractivity contribution is 5.86. The first-order chi connectivity index (χ1) is 9.52. The number of aromatic carboxylic acids is 1. The maximum Gasteiger partial charge on any atom is 0.358 e. The molecule has 8 heteroatoms. The quantitative estimate of drug-likeness (QED) is 0.840. The molecule has 0 aliphatic heterocycles. The van der Waals surface area contributed by atoms with Crippen molar-refractivity contribution in [2.24, 2.45) is 5.92 Å². The molecule has 0 radical (unpaired) electrons. The Morgan fingerprint density at radius 3 is 2.75 bits per heavy atom. The van der Waals surface area contributed by atoms with Gasteiger partial charge >= 0.3 is 5.97 Å². The first-order valence-corrected chi connectivity index (χ1v) is 6.55. The van der Waals surface area contributed by atoms with Gasteiger partial charge in [0.25, 0.3) is 0 Å². The van der Waals surface area contributed by atoms with Crippen LogP contribution in [0.4, 0.5) is 0 Å². The molecule has 108 valence electrons. The maximum absolute atomic E-state index is 11.2. The van der Waals surface area contributed by atoms with Crippen molar-refractivity contribution in [3.63, 3.8) is 0 Å². The van der Waals surface area contributed by atoms with Crippen LogP contribution in [-0.4, -0.2) is 40.8 Å². The minimum absolute atomic E-state index is 0.0151. The number of carboxylic acid groups (broad SMARTS) is 1. The zero-order chi connectivity index (χ0) is 14.7. The topological polar surface area (TPSA) is 98.7 Å². The van der Waals surface area contributed by atoms with Crippen LogP contribution in [0.3, 0.4) is 0 Å². The maximum atomic E-state index is 11.2. The van der Waals surface area contributed by atoms with Gasteiger partial charge < -0.3 is 5.11 Å². The Labute approximate surface area is 116 Å². The third-order valence-electron chi connectivity index (χ3n) is 2.93. The van der Waals surface area contributed by atoms with Crippen molar-refractivity contribution in [3.05, 3.63) is 23.5 Å². The summed E-state index contributed by atoms with van der Waals surface area (Å²) in [4.78, 5) is 15.4. The molecule has 0 saturated carbocycles. The predicted octanol–water partition coefficient (Wildman–Crippen LogP) is 0.834. The SMILES string of the molecule is CCn1ncnc1Cn1nnc(C(=O)O)c1CC(C)C. The molecule has 0 saturated heterocycles. The minimum atomic E-state index is -1.05. The van der Waals surface area contributed by atoms with Gasteiger partial charge in [-0.15, -0.1) is 5.10 Å². The lowest BCUT2D eigenvalue weighted by molar-refractivity contribution is 0.0689. The van der Waals surface area contributed by atoms with Gasteiger partial charge in [0.2, 0.25) is 0 Å². The van der Waals surface area contributed by atoms with Gasteiger partial charge in [-0.1, -0.05) is 19.1 Å². The fraction of sp³-hybridized carbons (Fsp3) is 0.583. The number of nitrogens with zero attached hydrogens (tertiary/aromatic N) is 6. The number of aryl methyl sites for hydroxylation is 1. The second-order valence-electron chi connectivity index (χ2n) is 4.94. The molecule has 0 aliphatic rings. The summed E-state index contributed by atoms with van der Waals surface area (Å²) in [5.74, 6) is -0.00222. The van der Waals surface area contributed by atoms with Crippen LogP contribution in [0.5, 0.6) is 0 Å². The van der Waals surface area contributed by atoms with Crippen molar-refractivity contribution >= 4 is 5.97 Å². The Morgan fingerprint density at radius 1 is 1.40 bits per heavy atom. The van der Waals surface area contributed by atoms with Gasteiger partial charge in [-0.05, 0) is 19.3 Å². The summed E-state index contributed by atoms with van der Waals surface area (Å²) in [6.07, 6.45) is 2.09. The molecule has 20 heavy (non-hydrogen) atoms. The van der Waals surface area contributed by atoms with Gasteiger partial charge in [0.1, 0.15) is 18.7 Å². The zero-order valence-corrected chi connectivity index (χ0v) is 11.8. The lowest BCUT2D eigenvalue weighted by atomic mass is 10.1. The van der Waals surface area contributed by atoms with Gasteiger partial charge in [-0.25, -0.2) is 19.1 Å². The normalized spacial score (nSPS) is 11.2. The minimum Gasteiger partial charge on any atom is -0.476 e. The smallest absolute Gasteiger partial charge is 0.358 e. The molecule has 2 aromatic rings. The van der Waals surface area contributed by atoms with Crippen molar-refractivity contribution < 1.29 is 9.90 Å². The van der Waals surface area contributed by atoms with Gasteiger partial charge in [0, 0.05) is 6.54 Å². The second-order valence-corrected chi connectivity index (χ2v) is 4.94. The molecule has 0 atom stereocenters. The van der Waals surface area contributed by atoms with Crippen LogP contribution < -0.4 is 0 Å². The molecule has 0 spiro atoms. The van der Waals surface area contributed by atoms with E-state index in [-0.39, 0.29) is 5.69 Å². The molecule has 0 amide bonds. The van der Waals surface area contributed by atoms with Crippen LogP contribution in [0.1, 0.15) is 42.8 Å². The van der Waals surface area contributed by atoms with Crippen LogP contribution in [0.15, 0.2) is 6.33 Å². The number of rotatable bonds is 6. The van der Waals surface area contributed by atoms with Crippen LogP contribution in [0.2, 0.25) is 0 Å². The molecular formula is C12H18N6O2. The van der Waals surface area contributed by atoms with E-state index in [0.29, 0.717) is 31.1 Å². The predicted molar refractivity (Wildman–Crippen MR) is 70.3 cm³/mol. The average Bonchev–Trinajstić information content (AvgIpc) is 2.97. The number of carboxylic acids is 1. The highest BCUT2D eigenvalue weighted by atomic mass is 16.4. The molecule has 0 aromatic carbocycles. The summed E-state index contributed by atoms with van der Waals surface area (Å²) in [5, 5.41) is 21.0. The second kappa shape index (κ2) is 5.81. The molecule has 2 heterocycles. The molecule has 2 aromatic heterocycles. The van der Waals surface area contributed by atoms with Crippen molar-refractivity contribution in [2.45, 2.75) is 40.3 Å². The standard InChI is InChI=1S/C12H18N6O2/c1-4-17-10(13-7-14-17)6-18-9(5-8(2)3)11(12(19)20)15-16-18/h7-8H,4-6H2,1-3H3,(H,19,20). The monoisotopic (exact) mass is 278 g/mol. The summed E-state index contributed by atoms with van der Waals surface area (Å²) in [7, 11) is 0. The van der Waals surface area contributed by atoms with Crippen LogP contribution >= 0.6 is 0 Å². The van der Waals surface area contributed by atoms with E-state index >= 15 is 0 Å². The van der Waals surface area contributed by atoms with Gasteiger partial charge in [-0.3, -0.25) is 0 Å². The Morgan fingerprint density at radius 2 is 2.15 bits per heavy atom. The Hall–Kier alpha value is -2.25. The summed E-state index contributed by atoms with van der Waals surface area (Å²) >= 11 is 0. The van der Waals surface area contributed by atoms with Gasteiger partial charge in [-0.2, -0.15) is 5.10 Å². The van der Waals surface area contributed by atoms with E-state index in [1.54, 1.807) is 9.36 Å². The zero-order valence-electron chi connectivity index (χ0n) is 11.8. The third-order valence-corrected chi connectivity index (χ3v) is 2.93. The molecule has 0 unspecified atom stereocenters. The number of aromatic nitrogens is 6. The van der Waals surface area contributed by atoms with E-state index in [1.807, 2.05) is 20.8 Å². The Balaban J connectivity index is 2.34. The molecular weight excluding hydrogens is 260 g/mol. The van der Waals surface area contributed by atoms with Crippen molar-refractivity contribution in [2.75, 3.05) is 0 Å². The molecule has 0 bridgehead atoms. The Kier molecular flexibility index (Phi) is 4.11. The highest BCUT2D eigenvalue weighted by Crippen LogP contribution is 2.13. The van der Waals surface area contributed by atoms with Crippen molar-refractivity contribution in [3.8, 4) is 0 Å². The van der Waals surface area contributed by atoms with Crippen LogP contribution in [0, 0.1) is 5.92 Å². The Bertz CT molecular complexity index is 601. The van der Waals surface area contributed by atoms with E-state index in [2.05, 4.69) is 20.4 Å². The van der Waals surface area contributed by atoms with E-state index in [9.17, 15) is 4.79 Å². The summed E-state index contributed by atoms with van der Waals surface area (Å²) in [6, 6.07) is 0. The van der Waals surface area contributed by atoms with E-state index in [4.69, 9.17) is 5.11 Å². The largest absolute Gasteiger partial charge is 0.476 e. The van der Waals surface area contributed by atoms with Crippen LogP contribution in [-0.2, 0) is 19.5 Å². The molecule has 8 nitrogen and oxygen atoms in total. The fourth-order valence-electron chi connectivity index (χ4n) is 2.02. The molecule has 0 fully saturated rings. The number of hydrogen-bond donors (Lipinski definition) is 1. The number of carbonyl (C=O) groups is 1. The fourth-order valence-corrected chi connectivity index (χ4v) is 2.02. The molecule has 2 rings (SSSR count). The summed E-state index contributed by atoms with van der Waals surface area (Å²) in [5.41, 5.74) is 0.638. The molecule has 1 N–H and O–H groups in total. The first-order valence-electron chi connectivity index (χ1n) is 6.55. The lowest BCUT2D eigenvalue weighted by Gasteiger charge is -2.09. The molecule has 0 aliphatic carbocycles. The van der Waals surface area contributed by atoms with Crippen molar-refractivity contribution in [1.29, 1.82) is 0 Å². The third kappa shape index (κ3) is 2.84. The van der Waals surface area contributed by atoms with E-state index in [1.165, 1.54) is 6.33 Å². The van der Waals surface area contributed by atoms with Gasteiger partial charge in [0.15, 0.2) is 5.69 Å². The summed E-state index contributed by atoms with van der Waals surface area (Å²) < 4.78 is 3.35. The highest BCUT2D eigenvalue weighted by Gasteiger charge is 2.20. The van der Waals surface area contributed by atoms with Gasteiger partial charge in [0.05, 0.1) is 5.69 Å². The van der Waals surface area contributed by atoms with E-state index in [0.717, 1.165) is 5.82 Å². The average molecular weight is 278 g/mol. The van der Waals surface area contributed by atoms with E-state index < -0.39 is 5.97 Å². The first kappa shape index (κ1) is 14.2. The number of hydrogen-bond acceptors (Lipinski definition) is 5. The lowest BCUT2D eigenvalue weighted by Crippen LogP contribution is -2.15. The summed E-state index contributed by atoms with van der Waals surface area (Å²) in [6.45, 7) is 7.10. The van der Waals surface area contributed by atoms with Crippen LogP contribution in [0.25, 0.3) is 0 Å².